The maximum atomic E-state index is 11.3. The lowest BCUT2D eigenvalue weighted by Gasteiger charge is -1.99. The van der Waals surface area contributed by atoms with E-state index in [-0.39, 0.29) is 5.78 Å². The lowest BCUT2D eigenvalue weighted by Crippen LogP contribution is -2.16. The van der Waals surface area contributed by atoms with E-state index in [0.29, 0.717) is 6.54 Å². The highest BCUT2D eigenvalue weighted by Gasteiger charge is 2.02. The van der Waals surface area contributed by atoms with Gasteiger partial charge in [0.2, 0.25) is 0 Å². The molecule has 0 saturated carbocycles. The Bertz CT molecular complexity index is 248. The molecule has 1 aromatic rings. The van der Waals surface area contributed by atoms with Crippen LogP contribution in [0.3, 0.4) is 0 Å². The van der Waals surface area contributed by atoms with Gasteiger partial charge in [-0.3, -0.25) is 9.52 Å². The Morgan fingerprint density at radius 3 is 2.67 bits per heavy atom. The second-order valence-electron chi connectivity index (χ2n) is 2.31. The van der Waals surface area contributed by atoms with E-state index in [0.717, 1.165) is 5.56 Å². The molecule has 0 heterocycles. The summed E-state index contributed by atoms with van der Waals surface area (Å²) in [6.07, 6.45) is 1.90. The van der Waals surface area contributed by atoms with Gasteiger partial charge in [-0.05, 0) is 6.26 Å². The molecular formula is C9H11NOS. The molecule has 0 unspecified atom stereocenters. The quantitative estimate of drug-likeness (QED) is 0.566. The molecule has 0 radical (unpaired) electrons. The maximum Gasteiger partial charge on any atom is 0.177 e. The first-order valence-corrected chi connectivity index (χ1v) is 4.91. The monoisotopic (exact) mass is 181 g/mol. The number of ketones is 1. The summed E-state index contributed by atoms with van der Waals surface area (Å²) in [6.45, 7) is 0.394. The molecule has 1 rings (SSSR count). The molecule has 2 nitrogen and oxygen atoms in total. The van der Waals surface area contributed by atoms with Crippen molar-refractivity contribution in [2.45, 2.75) is 0 Å². The fraction of sp³-hybridized carbons (Fsp3) is 0.222. The van der Waals surface area contributed by atoms with Crippen LogP contribution >= 0.6 is 11.9 Å². The van der Waals surface area contributed by atoms with Crippen LogP contribution in [0.1, 0.15) is 10.4 Å². The van der Waals surface area contributed by atoms with Gasteiger partial charge < -0.3 is 0 Å². The largest absolute Gasteiger partial charge is 0.293 e. The SMILES string of the molecule is CSNCC(=O)c1ccccc1. The second kappa shape index (κ2) is 4.95. The van der Waals surface area contributed by atoms with E-state index in [1.54, 1.807) is 0 Å². The van der Waals surface area contributed by atoms with Crippen LogP contribution in [0.25, 0.3) is 0 Å². The van der Waals surface area contributed by atoms with Gasteiger partial charge in [0.05, 0.1) is 6.54 Å². The van der Waals surface area contributed by atoms with E-state index in [2.05, 4.69) is 4.72 Å². The number of benzene rings is 1. The highest BCUT2D eigenvalue weighted by atomic mass is 32.2. The fourth-order valence-electron chi connectivity index (χ4n) is 0.864. The van der Waals surface area contributed by atoms with Crippen LogP contribution < -0.4 is 4.72 Å². The average Bonchev–Trinajstić information content (AvgIpc) is 2.15. The molecular weight excluding hydrogens is 170 g/mol. The Kier molecular flexibility index (Phi) is 3.84. The summed E-state index contributed by atoms with van der Waals surface area (Å²) in [7, 11) is 0. The van der Waals surface area contributed by atoms with E-state index in [1.807, 2.05) is 36.6 Å². The smallest absolute Gasteiger partial charge is 0.177 e. The van der Waals surface area contributed by atoms with Gasteiger partial charge in [-0.2, -0.15) is 0 Å². The number of hydrogen-bond donors (Lipinski definition) is 1. The Morgan fingerprint density at radius 2 is 2.08 bits per heavy atom. The Balaban J connectivity index is 2.54. The van der Waals surface area contributed by atoms with Gasteiger partial charge in [-0.15, -0.1) is 0 Å². The van der Waals surface area contributed by atoms with Crippen molar-refractivity contribution in [3.05, 3.63) is 35.9 Å². The zero-order chi connectivity index (χ0) is 8.81. The minimum atomic E-state index is 0.130. The van der Waals surface area contributed by atoms with Crippen molar-refractivity contribution in [1.29, 1.82) is 0 Å². The van der Waals surface area contributed by atoms with Crippen molar-refractivity contribution in [3.63, 3.8) is 0 Å². The van der Waals surface area contributed by atoms with Crippen molar-refractivity contribution in [1.82, 2.24) is 4.72 Å². The molecule has 0 fully saturated rings. The predicted molar refractivity (Wildman–Crippen MR) is 52.3 cm³/mol. The number of carbonyl (C=O) groups is 1. The Hall–Kier alpha value is -0.800. The fourth-order valence-corrected chi connectivity index (χ4v) is 1.14. The number of hydrogen-bond acceptors (Lipinski definition) is 3. The van der Waals surface area contributed by atoms with Gasteiger partial charge in [-0.1, -0.05) is 42.3 Å². The highest BCUT2D eigenvalue weighted by Crippen LogP contribution is 1.99. The third kappa shape index (κ3) is 2.68. The standard InChI is InChI=1S/C9H11NOS/c1-12-10-7-9(11)8-5-3-2-4-6-8/h2-6,10H,7H2,1H3. The molecule has 1 N–H and O–H groups in total. The molecule has 0 bridgehead atoms. The summed E-state index contributed by atoms with van der Waals surface area (Å²) in [5, 5.41) is 0. The number of carbonyl (C=O) groups excluding carboxylic acids is 1. The van der Waals surface area contributed by atoms with Crippen LogP contribution in [0.4, 0.5) is 0 Å². The number of rotatable bonds is 4. The van der Waals surface area contributed by atoms with Crippen LogP contribution in [-0.2, 0) is 0 Å². The van der Waals surface area contributed by atoms with Crippen LogP contribution in [-0.4, -0.2) is 18.6 Å². The minimum Gasteiger partial charge on any atom is -0.293 e. The van der Waals surface area contributed by atoms with E-state index in [4.69, 9.17) is 0 Å². The lowest BCUT2D eigenvalue weighted by atomic mass is 10.1. The van der Waals surface area contributed by atoms with Gasteiger partial charge in [0, 0.05) is 5.56 Å². The average molecular weight is 181 g/mol. The molecule has 0 atom stereocenters. The summed E-state index contributed by atoms with van der Waals surface area (Å²) in [4.78, 5) is 11.3. The highest BCUT2D eigenvalue weighted by molar-refractivity contribution is 7.96. The molecule has 3 heteroatoms. The van der Waals surface area contributed by atoms with E-state index < -0.39 is 0 Å². The summed E-state index contributed by atoms with van der Waals surface area (Å²) in [5.41, 5.74) is 0.763. The van der Waals surface area contributed by atoms with Crippen LogP contribution in [0.5, 0.6) is 0 Å². The van der Waals surface area contributed by atoms with Gasteiger partial charge in [0.1, 0.15) is 0 Å². The van der Waals surface area contributed by atoms with Crippen molar-refractivity contribution < 1.29 is 4.79 Å². The molecule has 1 aromatic carbocycles. The molecule has 0 aliphatic rings. The third-order valence-electron chi connectivity index (χ3n) is 1.47. The van der Waals surface area contributed by atoms with Gasteiger partial charge in [0.15, 0.2) is 5.78 Å². The van der Waals surface area contributed by atoms with Gasteiger partial charge in [0.25, 0.3) is 0 Å². The van der Waals surface area contributed by atoms with Gasteiger partial charge >= 0.3 is 0 Å². The summed E-state index contributed by atoms with van der Waals surface area (Å²) < 4.78 is 2.91. The van der Waals surface area contributed by atoms with Crippen molar-refractivity contribution in [3.8, 4) is 0 Å². The third-order valence-corrected chi connectivity index (χ3v) is 1.91. The zero-order valence-electron chi connectivity index (χ0n) is 6.91. The second-order valence-corrected chi connectivity index (χ2v) is 3.01. The molecule has 0 amide bonds. The van der Waals surface area contributed by atoms with Crippen molar-refractivity contribution in [2.24, 2.45) is 0 Å². The molecule has 0 saturated heterocycles. The number of Topliss-reactive ketones (excluding diaryl/α,β-unsaturated/α-hetero) is 1. The Morgan fingerprint density at radius 1 is 1.42 bits per heavy atom. The normalized spacial score (nSPS) is 9.75. The first-order valence-electron chi connectivity index (χ1n) is 3.68. The molecule has 12 heavy (non-hydrogen) atoms. The van der Waals surface area contributed by atoms with Crippen LogP contribution in [0.2, 0.25) is 0 Å². The Labute approximate surface area is 76.5 Å². The maximum absolute atomic E-state index is 11.3. The summed E-state index contributed by atoms with van der Waals surface area (Å²) in [6, 6.07) is 9.28. The van der Waals surface area contributed by atoms with Crippen LogP contribution in [0, 0.1) is 0 Å². The first kappa shape index (κ1) is 9.29. The molecule has 0 aliphatic carbocycles. The summed E-state index contributed by atoms with van der Waals surface area (Å²) >= 11 is 1.45. The van der Waals surface area contributed by atoms with E-state index >= 15 is 0 Å². The zero-order valence-corrected chi connectivity index (χ0v) is 7.73. The molecule has 64 valence electrons. The van der Waals surface area contributed by atoms with Crippen molar-refractivity contribution >= 4 is 17.7 Å². The molecule has 0 aliphatic heterocycles. The number of nitrogens with one attached hydrogen (secondary N) is 1. The molecule has 0 aromatic heterocycles. The summed E-state index contributed by atoms with van der Waals surface area (Å²) in [5.74, 6) is 0.130. The van der Waals surface area contributed by atoms with E-state index in [1.165, 1.54) is 11.9 Å². The first-order chi connectivity index (χ1) is 5.84. The molecule has 0 spiro atoms. The topological polar surface area (TPSA) is 29.1 Å². The van der Waals surface area contributed by atoms with E-state index in [9.17, 15) is 4.79 Å². The minimum absolute atomic E-state index is 0.130. The van der Waals surface area contributed by atoms with Gasteiger partial charge in [-0.25, -0.2) is 0 Å². The van der Waals surface area contributed by atoms with Crippen molar-refractivity contribution in [2.75, 3.05) is 12.8 Å². The predicted octanol–water partition coefficient (Wildman–Crippen LogP) is 1.74. The lowest BCUT2D eigenvalue weighted by molar-refractivity contribution is 0.0998. The van der Waals surface area contributed by atoms with Crippen LogP contribution in [0.15, 0.2) is 30.3 Å².